The van der Waals surface area contributed by atoms with Crippen molar-refractivity contribution in [1.29, 1.82) is 0 Å². The highest BCUT2D eigenvalue weighted by molar-refractivity contribution is 5.78. The van der Waals surface area contributed by atoms with Crippen molar-refractivity contribution in [2.24, 2.45) is 0 Å². The first-order chi connectivity index (χ1) is 7.44. The van der Waals surface area contributed by atoms with E-state index in [1.165, 1.54) is 0 Å². The van der Waals surface area contributed by atoms with Crippen LogP contribution in [0.3, 0.4) is 0 Å². The molecule has 1 rings (SSSR count). The summed E-state index contributed by atoms with van der Waals surface area (Å²) in [5.74, 6) is 0.139. The second-order valence-corrected chi connectivity index (χ2v) is 5.31. The molecule has 1 aliphatic heterocycles. The minimum Gasteiger partial charge on any atom is -0.350 e. The molecule has 0 radical (unpaired) electrons. The Bertz CT molecular complexity index is 240. The first kappa shape index (κ1) is 13.5. The molecule has 2 N–H and O–H groups in total. The van der Waals surface area contributed by atoms with Gasteiger partial charge in [-0.2, -0.15) is 0 Å². The van der Waals surface area contributed by atoms with Gasteiger partial charge in [0.15, 0.2) is 0 Å². The van der Waals surface area contributed by atoms with Crippen molar-refractivity contribution in [2.75, 3.05) is 26.2 Å². The molecule has 94 valence electrons. The summed E-state index contributed by atoms with van der Waals surface area (Å²) < 4.78 is 0. The summed E-state index contributed by atoms with van der Waals surface area (Å²) in [5.41, 5.74) is -0.0889. The summed E-state index contributed by atoms with van der Waals surface area (Å²) in [6, 6.07) is 0.448. The molecule has 0 aliphatic carbocycles. The summed E-state index contributed by atoms with van der Waals surface area (Å²) in [7, 11) is 0. The van der Waals surface area contributed by atoms with Crippen molar-refractivity contribution in [3.63, 3.8) is 0 Å². The highest BCUT2D eigenvalue weighted by atomic mass is 16.2. The van der Waals surface area contributed by atoms with Crippen LogP contribution >= 0.6 is 0 Å². The molecular formula is C12H25N3O. The molecule has 1 fully saturated rings. The van der Waals surface area contributed by atoms with Crippen LogP contribution in [-0.4, -0.2) is 48.6 Å². The van der Waals surface area contributed by atoms with Gasteiger partial charge in [0.25, 0.3) is 0 Å². The van der Waals surface area contributed by atoms with Gasteiger partial charge in [-0.25, -0.2) is 0 Å². The van der Waals surface area contributed by atoms with Gasteiger partial charge in [-0.05, 0) is 27.2 Å². The van der Waals surface area contributed by atoms with Crippen molar-refractivity contribution < 1.29 is 4.79 Å². The Balaban J connectivity index is 2.38. The highest BCUT2D eigenvalue weighted by Gasteiger charge is 2.23. The number of hydrogen-bond donors (Lipinski definition) is 2. The third-order valence-electron chi connectivity index (χ3n) is 3.35. The van der Waals surface area contributed by atoms with Crippen LogP contribution in [0.4, 0.5) is 0 Å². The lowest BCUT2D eigenvalue weighted by Crippen LogP contribution is -2.54. The molecule has 4 nitrogen and oxygen atoms in total. The average Bonchev–Trinajstić information content (AvgIpc) is 2.21. The molecular weight excluding hydrogens is 202 g/mol. The Hall–Kier alpha value is -0.610. The standard InChI is InChI=1S/C12H25N3O/c1-5-12(3,4)14-11(16)9-15-7-6-13-8-10(15)2/h10,13H,5-9H2,1-4H3,(H,14,16). The number of amides is 1. The molecule has 0 aromatic rings. The van der Waals surface area contributed by atoms with Gasteiger partial charge in [0.1, 0.15) is 0 Å². The molecule has 1 atom stereocenters. The Morgan fingerprint density at radius 3 is 2.81 bits per heavy atom. The summed E-state index contributed by atoms with van der Waals surface area (Å²) in [6.45, 7) is 11.8. The van der Waals surface area contributed by atoms with E-state index in [1.54, 1.807) is 0 Å². The Kier molecular flexibility index (Phi) is 4.74. The van der Waals surface area contributed by atoms with Gasteiger partial charge in [0, 0.05) is 31.2 Å². The zero-order valence-corrected chi connectivity index (χ0v) is 11.0. The fourth-order valence-electron chi connectivity index (χ4n) is 1.81. The van der Waals surface area contributed by atoms with E-state index in [2.05, 4.69) is 43.2 Å². The summed E-state index contributed by atoms with van der Waals surface area (Å²) in [5, 5.41) is 6.40. The second-order valence-electron chi connectivity index (χ2n) is 5.31. The van der Waals surface area contributed by atoms with Crippen LogP contribution in [0.1, 0.15) is 34.1 Å². The number of nitrogens with zero attached hydrogens (tertiary/aromatic N) is 1. The molecule has 0 saturated carbocycles. The van der Waals surface area contributed by atoms with Gasteiger partial charge in [-0.15, -0.1) is 0 Å². The Labute approximate surface area is 98.8 Å². The van der Waals surface area contributed by atoms with Gasteiger partial charge in [-0.3, -0.25) is 9.69 Å². The Morgan fingerprint density at radius 1 is 1.56 bits per heavy atom. The van der Waals surface area contributed by atoms with E-state index in [1.807, 2.05) is 0 Å². The van der Waals surface area contributed by atoms with Crippen LogP contribution in [-0.2, 0) is 4.79 Å². The smallest absolute Gasteiger partial charge is 0.234 e. The minimum atomic E-state index is -0.0889. The maximum atomic E-state index is 11.9. The third-order valence-corrected chi connectivity index (χ3v) is 3.35. The van der Waals surface area contributed by atoms with Gasteiger partial charge in [-0.1, -0.05) is 6.92 Å². The molecule has 4 heteroatoms. The zero-order chi connectivity index (χ0) is 12.2. The topological polar surface area (TPSA) is 44.4 Å². The van der Waals surface area contributed by atoms with Crippen LogP contribution in [0, 0.1) is 0 Å². The zero-order valence-electron chi connectivity index (χ0n) is 11.0. The summed E-state index contributed by atoms with van der Waals surface area (Å²) >= 11 is 0. The van der Waals surface area contributed by atoms with Crippen LogP contribution in [0.5, 0.6) is 0 Å². The van der Waals surface area contributed by atoms with Gasteiger partial charge in [0.2, 0.25) is 5.91 Å². The van der Waals surface area contributed by atoms with Crippen molar-refractivity contribution in [3.05, 3.63) is 0 Å². The number of hydrogen-bond acceptors (Lipinski definition) is 3. The fraction of sp³-hybridized carbons (Fsp3) is 0.917. The van der Waals surface area contributed by atoms with E-state index in [4.69, 9.17) is 0 Å². The molecule has 1 unspecified atom stereocenters. The van der Waals surface area contributed by atoms with Crippen LogP contribution in [0.2, 0.25) is 0 Å². The number of carbonyl (C=O) groups is 1. The lowest BCUT2D eigenvalue weighted by atomic mass is 10.0. The Morgan fingerprint density at radius 2 is 2.25 bits per heavy atom. The lowest BCUT2D eigenvalue weighted by Gasteiger charge is -2.34. The van der Waals surface area contributed by atoms with E-state index in [0.717, 1.165) is 26.1 Å². The maximum Gasteiger partial charge on any atom is 0.234 e. The molecule has 0 bridgehead atoms. The van der Waals surface area contributed by atoms with Crippen molar-refractivity contribution in [2.45, 2.75) is 45.7 Å². The monoisotopic (exact) mass is 227 g/mol. The summed E-state index contributed by atoms with van der Waals surface area (Å²) in [4.78, 5) is 14.1. The normalized spacial score (nSPS) is 23.1. The van der Waals surface area contributed by atoms with Crippen LogP contribution < -0.4 is 10.6 Å². The SMILES string of the molecule is CCC(C)(C)NC(=O)CN1CCNCC1C. The number of piperazine rings is 1. The van der Waals surface area contributed by atoms with Gasteiger partial charge >= 0.3 is 0 Å². The van der Waals surface area contributed by atoms with E-state index in [9.17, 15) is 4.79 Å². The molecule has 16 heavy (non-hydrogen) atoms. The fourth-order valence-corrected chi connectivity index (χ4v) is 1.81. The molecule has 1 aliphatic rings. The number of rotatable bonds is 4. The number of carbonyl (C=O) groups excluding carboxylic acids is 1. The lowest BCUT2D eigenvalue weighted by molar-refractivity contribution is -0.124. The average molecular weight is 227 g/mol. The summed E-state index contributed by atoms with van der Waals surface area (Å²) in [6.07, 6.45) is 0.954. The quantitative estimate of drug-likeness (QED) is 0.738. The van der Waals surface area contributed by atoms with Gasteiger partial charge in [0.05, 0.1) is 6.54 Å². The predicted molar refractivity (Wildman–Crippen MR) is 66.4 cm³/mol. The van der Waals surface area contributed by atoms with Crippen molar-refractivity contribution >= 4 is 5.91 Å². The minimum absolute atomic E-state index is 0.0889. The molecule has 1 heterocycles. The number of nitrogens with one attached hydrogen (secondary N) is 2. The first-order valence-corrected chi connectivity index (χ1v) is 6.20. The van der Waals surface area contributed by atoms with E-state index in [0.29, 0.717) is 12.6 Å². The van der Waals surface area contributed by atoms with Crippen LogP contribution in [0.25, 0.3) is 0 Å². The first-order valence-electron chi connectivity index (χ1n) is 6.20. The predicted octanol–water partition coefficient (Wildman–Crippen LogP) is 0.585. The maximum absolute atomic E-state index is 11.9. The van der Waals surface area contributed by atoms with E-state index in [-0.39, 0.29) is 11.4 Å². The largest absolute Gasteiger partial charge is 0.350 e. The second kappa shape index (κ2) is 5.64. The highest BCUT2D eigenvalue weighted by Crippen LogP contribution is 2.07. The third kappa shape index (κ3) is 4.10. The molecule has 0 aromatic carbocycles. The van der Waals surface area contributed by atoms with Crippen LogP contribution in [0.15, 0.2) is 0 Å². The van der Waals surface area contributed by atoms with E-state index >= 15 is 0 Å². The molecule has 0 spiro atoms. The van der Waals surface area contributed by atoms with E-state index < -0.39 is 0 Å². The van der Waals surface area contributed by atoms with Gasteiger partial charge < -0.3 is 10.6 Å². The van der Waals surface area contributed by atoms with Crippen molar-refractivity contribution in [1.82, 2.24) is 15.5 Å². The molecule has 1 amide bonds. The van der Waals surface area contributed by atoms with Crippen molar-refractivity contribution in [3.8, 4) is 0 Å². The molecule has 1 saturated heterocycles. The molecule has 0 aromatic heterocycles.